The zero-order valence-corrected chi connectivity index (χ0v) is 9.30. The first-order valence-electron chi connectivity index (χ1n) is 4.49. The van der Waals surface area contributed by atoms with Crippen molar-refractivity contribution in [3.05, 3.63) is 34.9 Å². The van der Waals surface area contributed by atoms with E-state index in [2.05, 4.69) is 0 Å². The summed E-state index contributed by atoms with van der Waals surface area (Å²) in [7, 11) is 1.00. The van der Waals surface area contributed by atoms with Crippen LogP contribution in [-0.4, -0.2) is 23.3 Å². The number of aromatic carboxylic acids is 1. The SMILES string of the molecule is CO.O=C(O)c1cc(C(F)(F)F)cc(C(F)(F)F)c1. The van der Waals surface area contributed by atoms with Crippen molar-refractivity contribution in [3.8, 4) is 0 Å². The highest BCUT2D eigenvalue weighted by atomic mass is 19.4. The predicted molar refractivity (Wildman–Crippen MR) is 51.5 cm³/mol. The Hall–Kier alpha value is -1.77. The number of hydrogen-bond donors (Lipinski definition) is 2. The van der Waals surface area contributed by atoms with Crippen LogP contribution in [0.2, 0.25) is 0 Å². The van der Waals surface area contributed by atoms with E-state index in [0.29, 0.717) is 0 Å². The summed E-state index contributed by atoms with van der Waals surface area (Å²) in [5.74, 6) is -1.86. The fourth-order valence-electron chi connectivity index (χ4n) is 1.08. The monoisotopic (exact) mass is 290 g/mol. The first kappa shape index (κ1) is 17.2. The second-order valence-corrected chi connectivity index (χ2v) is 3.10. The molecule has 0 radical (unpaired) electrons. The van der Waals surface area contributed by atoms with Crippen LogP contribution >= 0.6 is 0 Å². The molecular weight excluding hydrogens is 282 g/mol. The Bertz CT molecular complexity index is 417. The number of aliphatic hydroxyl groups excluding tert-OH is 1. The number of alkyl halides is 6. The summed E-state index contributed by atoms with van der Waals surface area (Å²) < 4.78 is 73.4. The minimum atomic E-state index is -5.04. The van der Waals surface area contributed by atoms with Gasteiger partial charge in [0.15, 0.2) is 0 Å². The van der Waals surface area contributed by atoms with Crippen molar-refractivity contribution >= 4 is 5.97 Å². The summed E-state index contributed by atoms with van der Waals surface area (Å²) in [6.45, 7) is 0. The molecule has 0 aliphatic carbocycles. The molecule has 108 valence electrons. The van der Waals surface area contributed by atoms with Crippen molar-refractivity contribution < 1.29 is 41.4 Å². The molecule has 1 aromatic rings. The quantitative estimate of drug-likeness (QED) is 0.782. The molecule has 0 unspecified atom stereocenters. The number of hydrogen-bond acceptors (Lipinski definition) is 2. The van der Waals surface area contributed by atoms with Crippen LogP contribution in [0.5, 0.6) is 0 Å². The standard InChI is InChI=1S/C9H4F6O2.CH4O/c10-8(11,12)5-1-4(7(16)17)2-6(3-5)9(13,14)15;1-2/h1-3H,(H,16,17);2H,1H3. The second kappa shape index (κ2) is 5.91. The second-order valence-electron chi connectivity index (χ2n) is 3.10. The van der Waals surface area contributed by atoms with Crippen LogP contribution in [0, 0.1) is 0 Å². The predicted octanol–water partition coefficient (Wildman–Crippen LogP) is 3.03. The Morgan fingerprint density at radius 1 is 0.895 bits per heavy atom. The summed E-state index contributed by atoms with van der Waals surface area (Å²) in [5, 5.41) is 15.4. The van der Waals surface area contributed by atoms with E-state index in [4.69, 9.17) is 10.2 Å². The highest BCUT2D eigenvalue weighted by Crippen LogP contribution is 2.36. The molecule has 0 heterocycles. The molecule has 19 heavy (non-hydrogen) atoms. The largest absolute Gasteiger partial charge is 0.478 e. The van der Waals surface area contributed by atoms with E-state index in [1.165, 1.54) is 0 Å². The molecule has 0 spiro atoms. The van der Waals surface area contributed by atoms with E-state index in [1.807, 2.05) is 0 Å². The molecule has 2 N–H and O–H groups in total. The highest BCUT2D eigenvalue weighted by Gasteiger charge is 2.37. The van der Waals surface area contributed by atoms with Gasteiger partial charge < -0.3 is 10.2 Å². The van der Waals surface area contributed by atoms with Crippen molar-refractivity contribution in [3.63, 3.8) is 0 Å². The van der Waals surface area contributed by atoms with Gasteiger partial charge in [0, 0.05) is 7.11 Å². The van der Waals surface area contributed by atoms with Crippen LogP contribution in [0.25, 0.3) is 0 Å². The van der Waals surface area contributed by atoms with Crippen molar-refractivity contribution in [1.29, 1.82) is 0 Å². The van der Waals surface area contributed by atoms with Crippen LogP contribution in [0.1, 0.15) is 21.5 Å². The minimum absolute atomic E-state index is 0.133. The molecule has 1 aromatic carbocycles. The Morgan fingerprint density at radius 3 is 1.42 bits per heavy atom. The summed E-state index contributed by atoms with van der Waals surface area (Å²) in [6.07, 6.45) is -10.1. The molecule has 0 saturated carbocycles. The van der Waals surface area contributed by atoms with Gasteiger partial charge in [0.2, 0.25) is 0 Å². The number of carbonyl (C=O) groups is 1. The van der Waals surface area contributed by atoms with Crippen LogP contribution in [0.4, 0.5) is 26.3 Å². The fraction of sp³-hybridized carbons (Fsp3) is 0.300. The van der Waals surface area contributed by atoms with Gasteiger partial charge in [-0.1, -0.05) is 0 Å². The average molecular weight is 290 g/mol. The van der Waals surface area contributed by atoms with Gasteiger partial charge in [-0.05, 0) is 18.2 Å². The average Bonchev–Trinajstić information content (AvgIpc) is 2.28. The lowest BCUT2D eigenvalue weighted by Crippen LogP contribution is -2.13. The Morgan fingerprint density at radius 2 is 1.21 bits per heavy atom. The third kappa shape index (κ3) is 4.78. The van der Waals surface area contributed by atoms with Crippen LogP contribution in [-0.2, 0) is 12.4 Å². The van der Waals surface area contributed by atoms with E-state index in [0.717, 1.165) is 7.11 Å². The van der Waals surface area contributed by atoms with E-state index < -0.39 is 35.0 Å². The van der Waals surface area contributed by atoms with Crippen LogP contribution in [0.15, 0.2) is 18.2 Å². The summed E-state index contributed by atoms with van der Waals surface area (Å²) in [5.41, 5.74) is -4.36. The third-order valence-electron chi connectivity index (χ3n) is 1.83. The molecule has 0 aliphatic rings. The van der Waals surface area contributed by atoms with Gasteiger partial charge in [-0.3, -0.25) is 0 Å². The van der Waals surface area contributed by atoms with Crippen molar-refractivity contribution in [2.45, 2.75) is 12.4 Å². The van der Waals surface area contributed by atoms with Crippen LogP contribution < -0.4 is 0 Å². The maximum absolute atomic E-state index is 12.2. The van der Waals surface area contributed by atoms with Gasteiger partial charge in [-0.25, -0.2) is 4.79 Å². The van der Waals surface area contributed by atoms with Crippen molar-refractivity contribution in [2.75, 3.05) is 7.11 Å². The van der Waals surface area contributed by atoms with E-state index in [-0.39, 0.29) is 18.2 Å². The molecule has 0 atom stereocenters. The number of aliphatic hydroxyl groups is 1. The molecule has 9 heteroatoms. The van der Waals surface area contributed by atoms with Crippen molar-refractivity contribution in [1.82, 2.24) is 0 Å². The Balaban J connectivity index is 0.00000154. The van der Waals surface area contributed by atoms with Gasteiger partial charge >= 0.3 is 18.3 Å². The van der Waals surface area contributed by atoms with Crippen molar-refractivity contribution in [2.24, 2.45) is 0 Å². The van der Waals surface area contributed by atoms with Gasteiger partial charge in [0.05, 0.1) is 16.7 Å². The van der Waals surface area contributed by atoms with E-state index in [1.54, 1.807) is 0 Å². The molecule has 0 amide bonds. The van der Waals surface area contributed by atoms with Crippen LogP contribution in [0.3, 0.4) is 0 Å². The van der Waals surface area contributed by atoms with Gasteiger partial charge in [-0.2, -0.15) is 26.3 Å². The summed E-state index contributed by atoms with van der Waals surface area (Å²) in [6, 6.07) is 0.168. The van der Waals surface area contributed by atoms with E-state index in [9.17, 15) is 31.1 Å². The first-order chi connectivity index (χ1) is 8.51. The third-order valence-corrected chi connectivity index (χ3v) is 1.83. The number of carboxylic acids is 1. The molecule has 1 rings (SSSR count). The molecule has 3 nitrogen and oxygen atoms in total. The minimum Gasteiger partial charge on any atom is -0.478 e. The number of carboxylic acid groups (broad SMARTS) is 1. The van der Waals surface area contributed by atoms with Gasteiger partial charge in [0.25, 0.3) is 0 Å². The Labute approximate surface area is 103 Å². The molecule has 0 saturated heterocycles. The van der Waals surface area contributed by atoms with E-state index >= 15 is 0 Å². The lowest BCUT2D eigenvalue weighted by atomic mass is 10.0. The summed E-state index contributed by atoms with van der Waals surface area (Å²) >= 11 is 0. The maximum Gasteiger partial charge on any atom is 0.416 e. The first-order valence-corrected chi connectivity index (χ1v) is 4.49. The molecule has 0 fully saturated rings. The Kier molecular flexibility index (Phi) is 5.36. The molecule has 0 aliphatic heterocycles. The highest BCUT2D eigenvalue weighted by molar-refractivity contribution is 5.88. The maximum atomic E-state index is 12.2. The topological polar surface area (TPSA) is 57.5 Å². The number of halogens is 6. The lowest BCUT2D eigenvalue weighted by Gasteiger charge is -2.12. The molecular formula is C10H8F6O3. The van der Waals surface area contributed by atoms with Gasteiger partial charge in [-0.15, -0.1) is 0 Å². The van der Waals surface area contributed by atoms with Gasteiger partial charge in [0.1, 0.15) is 0 Å². The number of benzene rings is 1. The molecule has 0 aromatic heterocycles. The lowest BCUT2D eigenvalue weighted by molar-refractivity contribution is -0.143. The fourth-order valence-corrected chi connectivity index (χ4v) is 1.08. The zero-order chi connectivity index (χ0) is 15.4. The number of rotatable bonds is 1. The summed E-state index contributed by atoms with van der Waals surface area (Å²) in [4.78, 5) is 10.4. The normalized spacial score (nSPS) is 11.6. The zero-order valence-electron chi connectivity index (χ0n) is 9.30. The molecule has 0 bridgehead atoms. The smallest absolute Gasteiger partial charge is 0.416 e.